The van der Waals surface area contributed by atoms with E-state index in [1.54, 1.807) is 43.5 Å². The number of hydrogen-bond acceptors (Lipinski definition) is 6. The minimum Gasteiger partial charge on any atom is -0.496 e. The molecule has 0 bridgehead atoms. The molecule has 2 N–H and O–H groups in total. The standard InChI is InChI=1S/C30H40ClN3O5/c1-30(2,3)23-24(33-17-19-13-14-20(31)16-22(19)38-4)25(21-12-9-15-32-27(21)39-5)34(26(23)29(36)37)28(35)18-10-7-6-8-11-18/h9,12-16,18,23-26,33H,6-8,10-11,17H2,1-5H3,(H,36,37)/t23-,24-,25-,26-/m0/s1. The zero-order chi connectivity index (χ0) is 28.3. The summed E-state index contributed by atoms with van der Waals surface area (Å²) in [5.41, 5.74) is 1.14. The smallest absolute Gasteiger partial charge is 0.326 e. The number of methoxy groups -OCH3 is 2. The molecule has 212 valence electrons. The molecule has 4 atom stereocenters. The first-order valence-corrected chi connectivity index (χ1v) is 14.1. The van der Waals surface area contributed by atoms with Crippen molar-refractivity contribution >= 4 is 23.5 Å². The highest BCUT2D eigenvalue weighted by atomic mass is 35.5. The van der Waals surface area contributed by atoms with Crippen LogP contribution in [0.3, 0.4) is 0 Å². The molecule has 0 radical (unpaired) electrons. The average Bonchev–Trinajstić information content (AvgIpc) is 3.28. The van der Waals surface area contributed by atoms with Crippen LogP contribution >= 0.6 is 11.6 Å². The van der Waals surface area contributed by atoms with E-state index in [0.717, 1.165) is 37.7 Å². The lowest BCUT2D eigenvalue weighted by Crippen LogP contribution is -2.49. The molecular formula is C30H40ClN3O5. The molecule has 2 aliphatic rings. The van der Waals surface area contributed by atoms with Gasteiger partial charge >= 0.3 is 5.97 Å². The van der Waals surface area contributed by atoms with Crippen LogP contribution in [0.25, 0.3) is 0 Å². The Balaban J connectivity index is 1.85. The summed E-state index contributed by atoms with van der Waals surface area (Å²) < 4.78 is 11.2. The van der Waals surface area contributed by atoms with Gasteiger partial charge in [-0.05, 0) is 42.5 Å². The van der Waals surface area contributed by atoms with Crippen LogP contribution in [0.2, 0.25) is 5.02 Å². The SMILES string of the molecule is COc1cc(Cl)ccc1CN[C@H]1[C@H](C(C)(C)C)[C@@H](C(=O)O)N(C(=O)C2CCCCC2)[C@H]1c1cccnc1OC. The number of hydrogen-bond donors (Lipinski definition) is 2. The highest BCUT2D eigenvalue weighted by Crippen LogP contribution is 2.50. The Labute approximate surface area is 236 Å². The Hall–Kier alpha value is -2.84. The molecule has 8 nitrogen and oxygen atoms in total. The first kappa shape index (κ1) is 29.2. The number of benzene rings is 1. The number of nitrogens with one attached hydrogen (secondary N) is 1. The first-order valence-electron chi connectivity index (χ1n) is 13.7. The lowest BCUT2D eigenvalue weighted by molar-refractivity contribution is -0.154. The molecule has 2 fully saturated rings. The molecule has 1 aliphatic heterocycles. The van der Waals surface area contributed by atoms with Crippen molar-refractivity contribution in [3.63, 3.8) is 0 Å². The maximum Gasteiger partial charge on any atom is 0.326 e. The van der Waals surface area contributed by atoms with Gasteiger partial charge in [-0.3, -0.25) is 4.79 Å². The number of carbonyl (C=O) groups is 2. The van der Waals surface area contributed by atoms with Crippen LogP contribution < -0.4 is 14.8 Å². The minimum atomic E-state index is -1.01. The van der Waals surface area contributed by atoms with E-state index in [1.807, 2.05) is 32.9 Å². The third-order valence-electron chi connectivity index (χ3n) is 8.22. The van der Waals surface area contributed by atoms with Crippen molar-refractivity contribution in [3.05, 3.63) is 52.7 Å². The number of halogens is 1. The van der Waals surface area contributed by atoms with E-state index in [0.29, 0.717) is 28.8 Å². The largest absolute Gasteiger partial charge is 0.496 e. The van der Waals surface area contributed by atoms with Crippen molar-refractivity contribution in [2.24, 2.45) is 17.3 Å². The number of amides is 1. The van der Waals surface area contributed by atoms with E-state index in [-0.39, 0.29) is 11.8 Å². The number of pyridine rings is 1. The molecule has 1 aromatic heterocycles. The van der Waals surface area contributed by atoms with E-state index in [9.17, 15) is 14.7 Å². The fourth-order valence-electron chi connectivity index (χ4n) is 6.50. The van der Waals surface area contributed by atoms with Crippen LogP contribution in [-0.2, 0) is 16.1 Å². The number of nitrogens with zero attached hydrogens (tertiary/aromatic N) is 2. The number of aromatic nitrogens is 1. The molecule has 0 unspecified atom stereocenters. The van der Waals surface area contributed by atoms with Crippen molar-refractivity contribution in [2.75, 3.05) is 14.2 Å². The van der Waals surface area contributed by atoms with E-state index in [2.05, 4.69) is 10.3 Å². The van der Waals surface area contributed by atoms with E-state index < -0.39 is 35.4 Å². The second kappa shape index (κ2) is 12.1. The van der Waals surface area contributed by atoms with E-state index >= 15 is 0 Å². The summed E-state index contributed by atoms with van der Waals surface area (Å²) in [6.07, 6.45) is 6.25. The van der Waals surface area contributed by atoms with Gasteiger partial charge in [0.15, 0.2) is 0 Å². The van der Waals surface area contributed by atoms with Crippen molar-refractivity contribution in [1.82, 2.24) is 15.2 Å². The monoisotopic (exact) mass is 557 g/mol. The summed E-state index contributed by atoms with van der Waals surface area (Å²) in [4.78, 5) is 33.4. The average molecular weight is 558 g/mol. The van der Waals surface area contributed by atoms with Crippen LogP contribution in [0, 0.1) is 17.3 Å². The van der Waals surface area contributed by atoms with Crippen LogP contribution in [0.5, 0.6) is 11.6 Å². The zero-order valence-electron chi connectivity index (χ0n) is 23.4. The topological polar surface area (TPSA) is 101 Å². The van der Waals surface area contributed by atoms with Gasteiger partial charge < -0.3 is 24.8 Å². The van der Waals surface area contributed by atoms with Gasteiger partial charge in [0.2, 0.25) is 11.8 Å². The molecule has 4 rings (SSSR count). The van der Waals surface area contributed by atoms with E-state index in [1.165, 1.54) is 0 Å². The second-order valence-corrected chi connectivity index (χ2v) is 12.1. The lowest BCUT2D eigenvalue weighted by atomic mass is 9.72. The third-order valence-corrected chi connectivity index (χ3v) is 8.45. The van der Waals surface area contributed by atoms with Gasteiger partial charge in [-0.15, -0.1) is 0 Å². The quantitative estimate of drug-likeness (QED) is 0.442. The highest BCUT2D eigenvalue weighted by molar-refractivity contribution is 6.30. The van der Waals surface area contributed by atoms with Crippen LogP contribution in [0.4, 0.5) is 0 Å². The maximum atomic E-state index is 14.3. The third kappa shape index (κ3) is 6.02. The summed E-state index contributed by atoms with van der Waals surface area (Å²) in [5.74, 6) is -0.669. The Kier molecular flexibility index (Phi) is 9.07. The number of ether oxygens (including phenoxy) is 2. The summed E-state index contributed by atoms with van der Waals surface area (Å²) in [6, 6.07) is 7.14. The normalized spacial score (nSPS) is 24.0. The molecule has 9 heteroatoms. The molecule has 1 saturated heterocycles. The lowest BCUT2D eigenvalue weighted by Gasteiger charge is -2.36. The predicted octanol–water partition coefficient (Wildman–Crippen LogP) is 5.49. The van der Waals surface area contributed by atoms with Gasteiger partial charge in [-0.2, -0.15) is 0 Å². The minimum absolute atomic E-state index is 0.0966. The van der Waals surface area contributed by atoms with Crippen LogP contribution in [0.1, 0.15) is 70.0 Å². The Morgan fingerprint density at radius 1 is 1.13 bits per heavy atom. The maximum absolute atomic E-state index is 14.3. The van der Waals surface area contributed by atoms with Crippen molar-refractivity contribution in [1.29, 1.82) is 0 Å². The van der Waals surface area contributed by atoms with Crippen molar-refractivity contribution < 1.29 is 24.2 Å². The van der Waals surface area contributed by atoms with Crippen LogP contribution in [-0.4, -0.2) is 53.2 Å². The zero-order valence-corrected chi connectivity index (χ0v) is 24.2. The second-order valence-electron chi connectivity index (χ2n) is 11.7. The van der Waals surface area contributed by atoms with Gasteiger partial charge in [-0.25, -0.2) is 9.78 Å². The molecule has 0 spiro atoms. The first-order chi connectivity index (χ1) is 18.6. The number of carboxylic acids is 1. The number of carbonyl (C=O) groups excluding carboxylic acids is 1. The predicted molar refractivity (Wildman–Crippen MR) is 150 cm³/mol. The fourth-order valence-corrected chi connectivity index (χ4v) is 6.67. The molecule has 1 aromatic carbocycles. The molecular weight excluding hydrogens is 518 g/mol. The number of likely N-dealkylation sites (tertiary alicyclic amines) is 1. The van der Waals surface area contributed by atoms with Gasteiger partial charge in [0.25, 0.3) is 0 Å². The molecule has 2 heterocycles. The molecule has 1 saturated carbocycles. The van der Waals surface area contributed by atoms with Crippen molar-refractivity contribution in [2.45, 2.75) is 77.5 Å². The summed E-state index contributed by atoms with van der Waals surface area (Å²) in [5, 5.41) is 14.9. The Bertz CT molecular complexity index is 1180. The van der Waals surface area contributed by atoms with Gasteiger partial charge in [0, 0.05) is 46.8 Å². The molecule has 39 heavy (non-hydrogen) atoms. The Morgan fingerprint density at radius 2 is 1.85 bits per heavy atom. The summed E-state index contributed by atoms with van der Waals surface area (Å²) >= 11 is 6.19. The number of carboxylic acid groups (broad SMARTS) is 1. The van der Waals surface area contributed by atoms with Gasteiger partial charge in [0.05, 0.1) is 20.3 Å². The fraction of sp³-hybridized carbons (Fsp3) is 0.567. The van der Waals surface area contributed by atoms with Crippen LogP contribution in [0.15, 0.2) is 36.5 Å². The number of aliphatic carboxylic acids is 1. The number of rotatable bonds is 8. The van der Waals surface area contributed by atoms with Crippen molar-refractivity contribution in [3.8, 4) is 11.6 Å². The molecule has 2 aromatic rings. The molecule has 1 amide bonds. The summed E-state index contributed by atoms with van der Waals surface area (Å²) in [7, 11) is 3.14. The highest BCUT2D eigenvalue weighted by Gasteiger charge is 2.59. The van der Waals surface area contributed by atoms with Gasteiger partial charge in [-0.1, -0.05) is 57.7 Å². The Morgan fingerprint density at radius 3 is 2.46 bits per heavy atom. The van der Waals surface area contributed by atoms with E-state index in [4.69, 9.17) is 21.1 Å². The summed E-state index contributed by atoms with van der Waals surface area (Å²) in [6.45, 7) is 6.51. The molecule has 1 aliphatic carbocycles. The van der Waals surface area contributed by atoms with Gasteiger partial charge in [0.1, 0.15) is 11.8 Å².